The summed E-state index contributed by atoms with van der Waals surface area (Å²) in [6, 6.07) is 0. The Labute approximate surface area is 236 Å². The van der Waals surface area contributed by atoms with Crippen LogP contribution in [0.25, 0.3) is 0 Å². The lowest BCUT2D eigenvalue weighted by atomic mass is 10.1. The number of piperidine rings is 3. The van der Waals surface area contributed by atoms with E-state index in [1.165, 1.54) is 84.1 Å². The second-order valence-corrected chi connectivity index (χ2v) is 9.02. The third-order valence-corrected chi connectivity index (χ3v) is 5.98. The van der Waals surface area contributed by atoms with Gasteiger partial charge in [0, 0.05) is 33.1 Å². The van der Waals surface area contributed by atoms with Crippen molar-refractivity contribution in [1.82, 2.24) is 19.6 Å². The molecule has 0 spiro atoms. The van der Waals surface area contributed by atoms with Crippen molar-refractivity contribution in [2.24, 2.45) is 0 Å². The zero-order valence-electron chi connectivity index (χ0n) is 27.9. The molecule has 0 aromatic heterocycles. The van der Waals surface area contributed by atoms with Crippen molar-refractivity contribution in [3.63, 3.8) is 0 Å². The van der Waals surface area contributed by atoms with Gasteiger partial charge in [-0.3, -0.25) is 4.79 Å². The van der Waals surface area contributed by atoms with Gasteiger partial charge in [-0.25, -0.2) is 0 Å². The third-order valence-electron chi connectivity index (χ3n) is 5.98. The van der Waals surface area contributed by atoms with Crippen molar-refractivity contribution in [1.29, 1.82) is 0 Å². The van der Waals surface area contributed by atoms with Crippen LogP contribution in [0.15, 0.2) is 12.2 Å². The molecule has 226 valence electrons. The van der Waals surface area contributed by atoms with Crippen LogP contribution in [-0.2, 0) is 4.79 Å². The Bertz CT molecular complexity index is 415. The summed E-state index contributed by atoms with van der Waals surface area (Å²) in [5, 5.41) is 0. The summed E-state index contributed by atoms with van der Waals surface area (Å²) in [6.45, 7) is 24.6. The fourth-order valence-electron chi connectivity index (χ4n) is 3.80. The average Bonchev–Trinajstić information content (AvgIpc) is 2.97. The summed E-state index contributed by atoms with van der Waals surface area (Å²) in [5.41, 5.74) is 0. The minimum atomic E-state index is 0.302. The Morgan fingerprint density at radius 1 is 0.486 bits per heavy atom. The Morgan fingerprint density at radius 3 is 1.08 bits per heavy atom. The first-order valence-corrected chi connectivity index (χ1v) is 15.9. The highest BCUT2D eigenvalue weighted by Gasteiger charge is 2.12. The maximum absolute atomic E-state index is 10.7. The number of likely N-dealkylation sites (N-methyl/N-ethyl adjacent to an activating group) is 1. The number of nitrogens with zero attached hydrogens (tertiary/aromatic N) is 4. The van der Waals surface area contributed by atoms with Gasteiger partial charge in [-0.2, -0.15) is 0 Å². The molecule has 0 N–H and O–H groups in total. The van der Waals surface area contributed by atoms with Gasteiger partial charge in [-0.15, -0.1) is 0 Å². The predicted molar refractivity (Wildman–Crippen MR) is 171 cm³/mol. The monoisotopic (exact) mass is 529 g/mol. The van der Waals surface area contributed by atoms with Gasteiger partial charge in [0.15, 0.2) is 0 Å². The van der Waals surface area contributed by atoms with Crippen molar-refractivity contribution in [2.75, 3.05) is 74.0 Å². The van der Waals surface area contributed by atoms with E-state index in [1.54, 1.807) is 4.90 Å². The molecule has 3 fully saturated rings. The minimum Gasteiger partial charge on any atom is -0.346 e. The maximum atomic E-state index is 10.7. The lowest BCUT2D eigenvalue weighted by Crippen LogP contribution is -2.31. The first-order chi connectivity index (χ1) is 18.0. The number of carbonyl (C=O) groups is 1. The maximum Gasteiger partial charge on any atom is 0.222 e. The van der Waals surface area contributed by atoms with Gasteiger partial charge in [0.1, 0.15) is 0 Å². The molecular formula is C32H72N4O. The molecule has 0 radical (unpaired) electrons. The van der Waals surface area contributed by atoms with Gasteiger partial charge in [0.25, 0.3) is 0 Å². The van der Waals surface area contributed by atoms with Crippen LogP contribution in [0, 0.1) is 0 Å². The van der Waals surface area contributed by atoms with Crippen LogP contribution >= 0.6 is 0 Å². The molecule has 0 aromatic carbocycles. The van der Waals surface area contributed by atoms with E-state index in [1.807, 2.05) is 62.4 Å². The summed E-state index contributed by atoms with van der Waals surface area (Å²) in [6.07, 6.45) is 17.3. The summed E-state index contributed by atoms with van der Waals surface area (Å²) < 4.78 is 0. The largest absolute Gasteiger partial charge is 0.346 e. The number of hydrogen-bond donors (Lipinski definition) is 0. The van der Waals surface area contributed by atoms with E-state index in [9.17, 15) is 4.79 Å². The molecular weight excluding hydrogens is 456 g/mol. The minimum absolute atomic E-state index is 0.302. The first kappa shape index (κ1) is 43.2. The van der Waals surface area contributed by atoms with Crippen molar-refractivity contribution in [2.45, 2.75) is 120 Å². The molecule has 0 bridgehead atoms. The molecule has 0 unspecified atom stereocenters. The van der Waals surface area contributed by atoms with Gasteiger partial charge < -0.3 is 19.6 Å². The first-order valence-electron chi connectivity index (χ1n) is 15.9. The van der Waals surface area contributed by atoms with Gasteiger partial charge in [-0.05, 0) is 92.3 Å². The Kier molecular flexibility index (Phi) is 43.4. The standard InChI is InChI=1S/C6H11NO.2C6H13N.C6H11N.4C2H6/c1-7-5-3-2-4-6(7)8;3*1-7-5-3-2-4-6-7;4*1-2/h2-5H2,1H3;2*2-6H2,1H3;2-3H,4-6H2,1H3;4*1-2H3. The highest BCUT2D eigenvalue weighted by atomic mass is 16.2. The van der Waals surface area contributed by atoms with E-state index in [2.05, 4.69) is 48.0 Å². The van der Waals surface area contributed by atoms with E-state index in [0.29, 0.717) is 5.91 Å². The van der Waals surface area contributed by atoms with Crippen LogP contribution in [0.5, 0.6) is 0 Å². The van der Waals surface area contributed by atoms with Gasteiger partial charge in [0.05, 0.1) is 0 Å². The van der Waals surface area contributed by atoms with Crippen molar-refractivity contribution < 1.29 is 4.79 Å². The molecule has 0 saturated carbocycles. The van der Waals surface area contributed by atoms with Gasteiger partial charge in [0.2, 0.25) is 5.91 Å². The fourth-order valence-corrected chi connectivity index (χ4v) is 3.80. The van der Waals surface area contributed by atoms with Crippen molar-refractivity contribution >= 4 is 5.91 Å². The number of likely N-dealkylation sites (tertiary alicyclic amines) is 3. The molecule has 4 heterocycles. The molecule has 4 rings (SSSR count). The summed E-state index contributed by atoms with van der Waals surface area (Å²) in [4.78, 5) is 19.6. The molecule has 0 aromatic rings. The average molecular weight is 529 g/mol. The molecule has 0 atom stereocenters. The summed E-state index contributed by atoms with van der Waals surface area (Å²) in [7, 11) is 8.39. The Morgan fingerprint density at radius 2 is 0.892 bits per heavy atom. The number of amides is 1. The van der Waals surface area contributed by atoms with Crippen LogP contribution in [-0.4, -0.2) is 99.5 Å². The normalized spacial score (nSPS) is 19.2. The smallest absolute Gasteiger partial charge is 0.222 e. The fraction of sp³-hybridized carbons (Fsp3) is 0.906. The summed E-state index contributed by atoms with van der Waals surface area (Å²) in [5.74, 6) is 0.302. The Hall–Kier alpha value is -0.910. The third kappa shape index (κ3) is 33.1. The van der Waals surface area contributed by atoms with Crippen LogP contribution in [0.3, 0.4) is 0 Å². The topological polar surface area (TPSA) is 30.0 Å². The SMILES string of the molecule is CC.CC.CC.CC.CN1CC=CCC1.CN1CCCCC1.CN1CCCCC1.CN1CCCCC1=O. The molecule has 37 heavy (non-hydrogen) atoms. The van der Waals surface area contributed by atoms with E-state index < -0.39 is 0 Å². The van der Waals surface area contributed by atoms with Crippen LogP contribution in [0.2, 0.25) is 0 Å². The molecule has 4 aliphatic heterocycles. The zero-order chi connectivity index (χ0) is 29.3. The van der Waals surface area contributed by atoms with E-state index in [-0.39, 0.29) is 0 Å². The van der Waals surface area contributed by atoms with Crippen molar-refractivity contribution in [3.8, 4) is 0 Å². The lowest BCUT2D eigenvalue weighted by molar-refractivity contribution is -0.131. The lowest BCUT2D eigenvalue weighted by Gasteiger charge is -2.21. The quantitative estimate of drug-likeness (QED) is 0.300. The molecule has 5 nitrogen and oxygen atoms in total. The highest BCUT2D eigenvalue weighted by Crippen LogP contribution is 2.07. The number of hydrogen-bond acceptors (Lipinski definition) is 4. The predicted octanol–water partition coefficient (Wildman–Crippen LogP) is 7.82. The van der Waals surface area contributed by atoms with E-state index >= 15 is 0 Å². The molecule has 5 heteroatoms. The van der Waals surface area contributed by atoms with Gasteiger partial charge >= 0.3 is 0 Å². The Balaban J connectivity index is -0.000000180. The van der Waals surface area contributed by atoms with Crippen molar-refractivity contribution in [3.05, 3.63) is 12.2 Å². The number of rotatable bonds is 0. The van der Waals surface area contributed by atoms with E-state index in [0.717, 1.165) is 25.9 Å². The van der Waals surface area contributed by atoms with Crippen LogP contribution < -0.4 is 0 Å². The molecule has 4 aliphatic rings. The number of carbonyl (C=O) groups excluding carboxylic acids is 1. The van der Waals surface area contributed by atoms with E-state index in [4.69, 9.17) is 0 Å². The second-order valence-electron chi connectivity index (χ2n) is 9.02. The molecule has 1 amide bonds. The van der Waals surface area contributed by atoms with Crippen LogP contribution in [0.1, 0.15) is 120 Å². The zero-order valence-corrected chi connectivity index (χ0v) is 27.9. The molecule has 3 saturated heterocycles. The second kappa shape index (κ2) is 37.2. The highest BCUT2D eigenvalue weighted by molar-refractivity contribution is 5.76. The molecule has 0 aliphatic carbocycles. The van der Waals surface area contributed by atoms with Crippen LogP contribution in [0.4, 0.5) is 0 Å². The van der Waals surface area contributed by atoms with Gasteiger partial charge in [-0.1, -0.05) is 80.4 Å². The summed E-state index contributed by atoms with van der Waals surface area (Å²) >= 11 is 0.